The third-order valence-corrected chi connectivity index (χ3v) is 4.04. The summed E-state index contributed by atoms with van der Waals surface area (Å²) in [6.45, 7) is 6.25. The number of thiophene rings is 1. The van der Waals surface area contributed by atoms with Crippen molar-refractivity contribution in [1.29, 1.82) is 0 Å². The summed E-state index contributed by atoms with van der Waals surface area (Å²) in [5, 5.41) is 12.3. The van der Waals surface area contributed by atoms with Crippen LogP contribution in [-0.4, -0.2) is 5.11 Å². The van der Waals surface area contributed by atoms with Crippen molar-refractivity contribution in [2.24, 2.45) is 0 Å². The van der Waals surface area contributed by atoms with Crippen molar-refractivity contribution in [1.82, 2.24) is 0 Å². The Labute approximate surface area is 107 Å². The summed E-state index contributed by atoms with van der Waals surface area (Å²) in [5.41, 5.74) is 4.81. The molecule has 0 radical (unpaired) electrons. The molecule has 0 aliphatic carbocycles. The van der Waals surface area contributed by atoms with Gasteiger partial charge in [-0.15, -0.1) is 11.3 Å². The molecule has 90 valence electrons. The summed E-state index contributed by atoms with van der Waals surface area (Å²) in [5.74, 6) is 0. The number of rotatable bonds is 3. The van der Waals surface area contributed by atoms with E-state index in [1.807, 2.05) is 11.4 Å². The zero-order chi connectivity index (χ0) is 12.4. The highest BCUT2D eigenvalue weighted by Crippen LogP contribution is 2.26. The van der Waals surface area contributed by atoms with Gasteiger partial charge in [-0.05, 0) is 48.9 Å². The molecule has 0 fully saturated rings. The molecule has 1 aromatic heterocycles. The first kappa shape index (κ1) is 12.3. The van der Waals surface area contributed by atoms with Crippen molar-refractivity contribution in [3.8, 4) is 0 Å². The predicted octanol–water partition coefficient (Wildman–Crippen LogP) is 3.95. The second-order valence-corrected chi connectivity index (χ2v) is 5.70. The fraction of sp³-hybridized carbons (Fsp3) is 0.333. The van der Waals surface area contributed by atoms with E-state index in [0.717, 1.165) is 5.56 Å². The molecule has 1 nitrogen and oxygen atoms in total. The molecule has 0 amide bonds. The van der Waals surface area contributed by atoms with Crippen molar-refractivity contribution < 1.29 is 5.11 Å². The van der Waals surface area contributed by atoms with Crippen LogP contribution >= 0.6 is 11.3 Å². The van der Waals surface area contributed by atoms with Gasteiger partial charge in [-0.25, -0.2) is 0 Å². The molecule has 0 bridgehead atoms. The Morgan fingerprint density at radius 2 is 1.94 bits per heavy atom. The Kier molecular flexibility index (Phi) is 3.65. The molecule has 2 rings (SSSR count). The van der Waals surface area contributed by atoms with E-state index in [0.29, 0.717) is 6.42 Å². The Bertz CT molecular complexity index is 513. The smallest absolute Gasteiger partial charge is 0.0841 e. The third-order valence-electron chi connectivity index (χ3n) is 3.18. The molecular formula is C15H18OS. The van der Waals surface area contributed by atoms with Gasteiger partial charge in [-0.2, -0.15) is 0 Å². The van der Waals surface area contributed by atoms with Gasteiger partial charge in [0.1, 0.15) is 0 Å². The van der Waals surface area contributed by atoms with E-state index in [1.54, 1.807) is 11.3 Å². The Morgan fingerprint density at radius 3 is 2.59 bits per heavy atom. The number of aliphatic hydroxyl groups is 1. The van der Waals surface area contributed by atoms with Gasteiger partial charge < -0.3 is 5.11 Å². The van der Waals surface area contributed by atoms with Crippen LogP contribution in [0.15, 0.2) is 29.6 Å². The molecule has 1 N–H and O–H groups in total. The maximum Gasteiger partial charge on any atom is 0.0841 e. The minimum absolute atomic E-state index is 0.387. The number of hydrogen-bond acceptors (Lipinski definition) is 2. The third kappa shape index (κ3) is 2.76. The molecule has 0 saturated heterocycles. The summed E-state index contributed by atoms with van der Waals surface area (Å²) in [4.78, 5) is 1.21. The molecule has 1 unspecified atom stereocenters. The molecule has 2 heteroatoms. The lowest BCUT2D eigenvalue weighted by molar-refractivity contribution is 0.178. The van der Waals surface area contributed by atoms with Gasteiger partial charge in [0.2, 0.25) is 0 Å². The number of hydrogen-bond donors (Lipinski definition) is 1. The predicted molar refractivity (Wildman–Crippen MR) is 73.6 cm³/mol. The van der Waals surface area contributed by atoms with Crippen LogP contribution in [0.4, 0.5) is 0 Å². The highest BCUT2D eigenvalue weighted by molar-refractivity contribution is 7.10. The minimum Gasteiger partial charge on any atom is -0.388 e. The van der Waals surface area contributed by atoms with E-state index in [9.17, 15) is 5.11 Å². The summed E-state index contributed by atoms with van der Waals surface area (Å²) >= 11 is 1.69. The van der Waals surface area contributed by atoms with Crippen LogP contribution in [0.5, 0.6) is 0 Å². The van der Waals surface area contributed by atoms with Crippen LogP contribution < -0.4 is 0 Å². The summed E-state index contributed by atoms with van der Waals surface area (Å²) in [6, 6.07) is 8.43. The van der Waals surface area contributed by atoms with Crippen LogP contribution in [0.3, 0.4) is 0 Å². The van der Waals surface area contributed by atoms with E-state index in [4.69, 9.17) is 0 Å². The van der Waals surface area contributed by atoms with Crippen molar-refractivity contribution >= 4 is 11.3 Å². The van der Waals surface area contributed by atoms with Gasteiger partial charge in [0.15, 0.2) is 0 Å². The largest absolute Gasteiger partial charge is 0.388 e. The molecule has 2 aromatic rings. The summed E-state index contributed by atoms with van der Waals surface area (Å²) in [6.07, 6.45) is 0.312. The highest BCUT2D eigenvalue weighted by atomic mass is 32.1. The fourth-order valence-electron chi connectivity index (χ4n) is 2.08. The number of benzene rings is 1. The van der Waals surface area contributed by atoms with Crippen molar-refractivity contribution in [2.75, 3.05) is 0 Å². The Hall–Kier alpha value is -1.12. The van der Waals surface area contributed by atoms with Crippen molar-refractivity contribution in [3.63, 3.8) is 0 Å². The topological polar surface area (TPSA) is 20.2 Å². The molecule has 0 spiro atoms. The van der Waals surface area contributed by atoms with Gasteiger partial charge >= 0.3 is 0 Å². The van der Waals surface area contributed by atoms with Crippen LogP contribution in [0.25, 0.3) is 0 Å². The molecule has 0 saturated carbocycles. The van der Waals surface area contributed by atoms with E-state index < -0.39 is 0 Å². The second kappa shape index (κ2) is 5.03. The number of aryl methyl sites for hydroxylation is 3. The quantitative estimate of drug-likeness (QED) is 0.869. The summed E-state index contributed by atoms with van der Waals surface area (Å²) < 4.78 is 0. The average Bonchev–Trinajstić information content (AvgIpc) is 2.70. The maximum absolute atomic E-state index is 10.3. The average molecular weight is 246 g/mol. The fourth-order valence-corrected chi connectivity index (χ4v) is 2.84. The molecule has 0 aliphatic heterocycles. The molecule has 1 heterocycles. The Balaban J connectivity index is 2.21. The van der Waals surface area contributed by atoms with E-state index in [2.05, 4.69) is 39.0 Å². The zero-order valence-electron chi connectivity index (χ0n) is 10.5. The van der Waals surface area contributed by atoms with Gasteiger partial charge in [0, 0.05) is 11.3 Å². The van der Waals surface area contributed by atoms with Crippen molar-refractivity contribution in [3.05, 3.63) is 56.8 Å². The minimum atomic E-state index is -0.387. The van der Waals surface area contributed by atoms with E-state index in [1.165, 1.54) is 21.6 Å². The van der Waals surface area contributed by atoms with E-state index in [-0.39, 0.29) is 6.10 Å². The lowest BCUT2D eigenvalue weighted by Crippen LogP contribution is -2.03. The van der Waals surface area contributed by atoms with Crippen LogP contribution in [0.1, 0.15) is 33.2 Å². The van der Waals surface area contributed by atoms with Gasteiger partial charge in [0.05, 0.1) is 6.10 Å². The maximum atomic E-state index is 10.3. The molecule has 1 aromatic carbocycles. The zero-order valence-corrected chi connectivity index (χ0v) is 11.3. The van der Waals surface area contributed by atoms with Gasteiger partial charge in [-0.3, -0.25) is 0 Å². The standard InChI is InChI=1S/C15H18OS/c1-10-4-5-11(2)13(8-10)9-15(16)14-6-7-17-12(14)3/h4-8,15-16H,9H2,1-3H3. The molecule has 17 heavy (non-hydrogen) atoms. The first-order valence-electron chi connectivity index (χ1n) is 5.86. The van der Waals surface area contributed by atoms with E-state index >= 15 is 0 Å². The van der Waals surface area contributed by atoms with Gasteiger partial charge in [0.25, 0.3) is 0 Å². The Morgan fingerprint density at radius 1 is 1.18 bits per heavy atom. The van der Waals surface area contributed by atoms with Crippen molar-refractivity contribution in [2.45, 2.75) is 33.3 Å². The molecule has 0 aliphatic rings. The monoisotopic (exact) mass is 246 g/mol. The highest BCUT2D eigenvalue weighted by Gasteiger charge is 2.13. The SMILES string of the molecule is Cc1ccc(C)c(CC(O)c2ccsc2C)c1. The summed E-state index contributed by atoms with van der Waals surface area (Å²) in [7, 11) is 0. The van der Waals surface area contributed by atoms with Crippen LogP contribution in [0.2, 0.25) is 0 Å². The molecule has 1 atom stereocenters. The normalized spacial score (nSPS) is 12.7. The lowest BCUT2D eigenvalue weighted by Gasteiger charge is -2.13. The first-order valence-corrected chi connectivity index (χ1v) is 6.74. The first-order chi connectivity index (χ1) is 8.08. The molecular weight excluding hydrogens is 228 g/mol. The van der Waals surface area contributed by atoms with Gasteiger partial charge in [-0.1, -0.05) is 23.8 Å². The second-order valence-electron chi connectivity index (χ2n) is 4.58. The lowest BCUT2D eigenvalue weighted by atomic mass is 9.97. The van der Waals surface area contributed by atoms with Crippen LogP contribution in [-0.2, 0) is 6.42 Å². The number of aliphatic hydroxyl groups excluding tert-OH is 1. The van der Waals surface area contributed by atoms with Crippen LogP contribution in [0, 0.1) is 20.8 Å².